The highest BCUT2D eigenvalue weighted by Gasteiger charge is 2.13. The molecule has 2 aromatic rings. The largest absolute Gasteiger partial charge is 0.493 e. The van der Waals surface area contributed by atoms with Gasteiger partial charge in [-0.2, -0.15) is 4.98 Å². The van der Waals surface area contributed by atoms with Crippen molar-refractivity contribution in [2.24, 2.45) is 0 Å². The third-order valence-electron chi connectivity index (χ3n) is 3.41. The van der Waals surface area contributed by atoms with Crippen LogP contribution in [0.25, 0.3) is 0 Å². The zero-order valence-electron chi connectivity index (χ0n) is 15.0. The van der Waals surface area contributed by atoms with Crippen LogP contribution in [0.2, 0.25) is 0 Å². The molecule has 0 radical (unpaired) electrons. The molecule has 1 aromatic heterocycles. The Balaban J connectivity index is 2.13. The maximum atomic E-state index is 5.35. The summed E-state index contributed by atoms with van der Waals surface area (Å²) in [6.07, 6.45) is 2.59. The van der Waals surface area contributed by atoms with Crippen molar-refractivity contribution < 1.29 is 18.9 Å². The number of benzene rings is 1. The van der Waals surface area contributed by atoms with Crippen LogP contribution in [0.1, 0.15) is 6.42 Å². The average molecular weight is 348 g/mol. The predicted molar refractivity (Wildman–Crippen MR) is 96.4 cm³/mol. The summed E-state index contributed by atoms with van der Waals surface area (Å²) in [5, 5.41) is 6.37. The van der Waals surface area contributed by atoms with E-state index >= 15 is 0 Å². The van der Waals surface area contributed by atoms with Crippen LogP contribution in [0.5, 0.6) is 17.2 Å². The summed E-state index contributed by atoms with van der Waals surface area (Å²) in [6, 6.07) is 5.40. The second-order valence-electron chi connectivity index (χ2n) is 5.08. The SMILES string of the molecule is COCCCNc1ccnc(Nc2cc(OC)c(OC)c(OC)c2)n1. The Morgan fingerprint density at radius 2 is 1.72 bits per heavy atom. The first-order valence-electron chi connectivity index (χ1n) is 7.84. The number of hydrogen-bond acceptors (Lipinski definition) is 8. The van der Waals surface area contributed by atoms with Gasteiger partial charge in [0.1, 0.15) is 5.82 Å². The lowest BCUT2D eigenvalue weighted by molar-refractivity contribution is 0.198. The number of hydrogen-bond donors (Lipinski definition) is 2. The minimum atomic E-state index is 0.464. The van der Waals surface area contributed by atoms with Crippen molar-refractivity contribution in [1.29, 1.82) is 0 Å². The molecule has 0 saturated carbocycles. The van der Waals surface area contributed by atoms with Gasteiger partial charge in [-0.05, 0) is 12.5 Å². The Labute approximate surface area is 147 Å². The van der Waals surface area contributed by atoms with E-state index < -0.39 is 0 Å². The number of nitrogens with one attached hydrogen (secondary N) is 2. The molecule has 0 amide bonds. The fourth-order valence-corrected chi connectivity index (χ4v) is 2.23. The third-order valence-corrected chi connectivity index (χ3v) is 3.41. The number of ether oxygens (including phenoxy) is 4. The molecule has 8 nitrogen and oxygen atoms in total. The van der Waals surface area contributed by atoms with E-state index in [4.69, 9.17) is 18.9 Å². The molecule has 2 rings (SSSR count). The Morgan fingerprint density at radius 3 is 2.32 bits per heavy atom. The minimum absolute atomic E-state index is 0.464. The highest BCUT2D eigenvalue weighted by Crippen LogP contribution is 2.40. The van der Waals surface area contributed by atoms with E-state index in [9.17, 15) is 0 Å². The van der Waals surface area contributed by atoms with Crippen molar-refractivity contribution in [3.05, 3.63) is 24.4 Å². The summed E-state index contributed by atoms with van der Waals surface area (Å²) in [5.41, 5.74) is 0.728. The summed E-state index contributed by atoms with van der Waals surface area (Å²) in [4.78, 5) is 8.67. The lowest BCUT2D eigenvalue weighted by Gasteiger charge is -2.14. The van der Waals surface area contributed by atoms with Crippen molar-refractivity contribution in [1.82, 2.24) is 9.97 Å². The predicted octanol–water partition coefficient (Wildman–Crippen LogP) is 2.69. The fraction of sp³-hybridized carbons (Fsp3) is 0.412. The van der Waals surface area contributed by atoms with E-state index in [1.807, 2.05) is 6.07 Å². The summed E-state index contributed by atoms with van der Waals surface area (Å²) in [5.74, 6) is 2.84. The zero-order valence-corrected chi connectivity index (χ0v) is 15.0. The van der Waals surface area contributed by atoms with Crippen molar-refractivity contribution in [3.8, 4) is 17.2 Å². The monoisotopic (exact) mass is 348 g/mol. The van der Waals surface area contributed by atoms with Gasteiger partial charge >= 0.3 is 0 Å². The van der Waals surface area contributed by atoms with Gasteiger partial charge in [-0.15, -0.1) is 0 Å². The molecule has 2 N–H and O–H groups in total. The van der Waals surface area contributed by atoms with Crippen molar-refractivity contribution in [2.75, 3.05) is 52.2 Å². The Kier molecular flexibility index (Phi) is 7.09. The van der Waals surface area contributed by atoms with Gasteiger partial charge in [-0.25, -0.2) is 4.98 Å². The lowest BCUT2D eigenvalue weighted by atomic mass is 10.2. The number of nitrogens with zero attached hydrogens (tertiary/aromatic N) is 2. The normalized spacial score (nSPS) is 10.2. The molecule has 0 aliphatic rings. The van der Waals surface area contributed by atoms with Gasteiger partial charge in [0.2, 0.25) is 11.7 Å². The van der Waals surface area contributed by atoms with E-state index in [1.165, 1.54) is 0 Å². The van der Waals surface area contributed by atoms with Crippen molar-refractivity contribution >= 4 is 17.5 Å². The Bertz CT molecular complexity index is 656. The van der Waals surface area contributed by atoms with Crippen LogP contribution >= 0.6 is 0 Å². The third kappa shape index (κ3) is 5.12. The van der Waals surface area contributed by atoms with Crippen LogP contribution in [0, 0.1) is 0 Å². The van der Waals surface area contributed by atoms with Crippen molar-refractivity contribution in [3.63, 3.8) is 0 Å². The van der Waals surface area contributed by atoms with E-state index in [1.54, 1.807) is 46.8 Å². The van der Waals surface area contributed by atoms with Gasteiger partial charge in [-0.3, -0.25) is 0 Å². The molecule has 0 saturated heterocycles. The molecule has 0 aliphatic carbocycles. The lowest BCUT2D eigenvalue weighted by Crippen LogP contribution is -2.07. The number of aromatic nitrogens is 2. The highest BCUT2D eigenvalue weighted by atomic mass is 16.5. The quantitative estimate of drug-likeness (QED) is 0.634. The highest BCUT2D eigenvalue weighted by molar-refractivity contribution is 5.66. The summed E-state index contributed by atoms with van der Waals surface area (Å²) < 4.78 is 21.0. The smallest absolute Gasteiger partial charge is 0.229 e. The topological polar surface area (TPSA) is 86.8 Å². The van der Waals surface area contributed by atoms with Gasteiger partial charge in [0.25, 0.3) is 0 Å². The van der Waals surface area contributed by atoms with E-state index in [0.29, 0.717) is 29.8 Å². The first-order valence-corrected chi connectivity index (χ1v) is 7.84. The Morgan fingerprint density at radius 1 is 1.00 bits per heavy atom. The van der Waals surface area contributed by atoms with Crippen LogP contribution in [0.4, 0.5) is 17.5 Å². The molecule has 1 aromatic carbocycles. The van der Waals surface area contributed by atoms with Gasteiger partial charge in [0.15, 0.2) is 11.5 Å². The van der Waals surface area contributed by atoms with Gasteiger partial charge in [0, 0.05) is 44.3 Å². The van der Waals surface area contributed by atoms with E-state index in [0.717, 1.165) is 24.5 Å². The van der Waals surface area contributed by atoms with Crippen LogP contribution < -0.4 is 24.8 Å². The van der Waals surface area contributed by atoms with Crippen LogP contribution in [-0.2, 0) is 4.74 Å². The standard InChI is InChI=1S/C17H24N4O4/c1-22-9-5-7-18-15-6-8-19-17(21-15)20-12-10-13(23-2)16(25-4)14(11-12)24-3/h6,8,10-11H,5,7,9H2,1-4H3,(H2,18,19,20,21). The molecule has 25 heavy (non-hydrogen) atoms. The molecule has 0 fully saturated rings. The summed E-state index contributed by atoms with van der Waals surface area (Å²) in [7, 11) is 6.39. The second kappa shape index (κ2) is 9.53. The van der Waals surface area contributed by atoms with Crippen molar-refractivity contribution in [2.45, 2.75) is 6.42 Å². The number of rotatable bonds is 10. The Hall–Kier alpha value is -2.74. The first-order chi connectivity index (χ1) is 12.2. The first kappa shape index (κ1) is 18.6. The molecule has 136 valence electrons. The van der Waals surface area contributed by atoms with E-state index in [2.05, 4.69) is 20.6 Å². The molecule has 0 spiro atoms. The minimum Gasteiger partial charge on any atom is -0.493 e. The zero-order chi connectivity index (χ0) is 18.1. The van der Waals surface area contributed by atoms with Gasteiger partial charge < -0.3 is 29.6 Å². The average Bonchev–Trinajstić information content (AvgIpc) is 2.64. The van der Waals surface area contributed by atoms with Gasteiger partial charge in [-0.1, -0.05) is 0 Å². The molecule has 0 atom stereocenters. The maximum Gasteiger partial charge on any atom is 0.229 e. The molecule has 1 heterocycles. The van der Waals surface area contributed by atoms with Crippen LogP contribution in [-0.4, -0.2) is 51.6 Å². The second-order valence-corrected chi connectivity index (χ2v) is 5.08. The molecule has 0 unspecified atom stereocenters. The molecule has 8 heteroatoms. The molecular formula is C17H24N4O4. The summed E-state index contributed by atoms with van der Waals surface area (Å²) in [6.45, 7) is 1.48. The van der Waals surface area contributed by atoms with Gasteiger partial charge in [0.05, 0.1) is 21.3 Å². The van der Waals surface area contributed by atoms with E-state index in [-0.39, 0.29) is 0 Å². The van der Waals surface area contributed by atoms with Crippen LogP contribution in [0.15, 0.2) is 24.4 Å². The molecule has 0 aliphatic heterocycles. The number of methoxy groups -OCH3 is 4. The number of anilines is 3. The van der Waals surface area contributed by atoms with Crippen LogP contribution in [0.3, 0.4) is 0 Å². The summed E-state index contributed by atoms with van der Waals surface area (Å²) >= 11 is 0. The molecular weight excluding hydrogens is 324 g/mol. The molecule has 0 bridgehead atoms. The fourth-order valence-electron chi connectivity index (χ4n) is 2.23. The maximum absolute atomic E-state index is 5.35.